The van der Waals surface area contributed by atoms with E-state index < -0.39 is 0 Å². The molecule has 0 saturated heterocycles. The third kappa shape index (κ3) is 1.68. The van der Waals surface area contributed by atoms with Crippen LogP contribution in [0.3, 0.4) is 0 Å². The van der Waals surface area contributed by atoms with Gasteiger partial charge < -0.3 is 9.62 Å². The van der Waals surface area contributed by atoms with Crippen LogP contribution in [0, 0.1) is 0 Å². The molecule has 0 fully saturated rings. The van der Waals surface area contributed by atoms with Gasteiger partial charge >= 0.3 is 5.81 Å². The van der Waals surface area contributed by atoms with Crippen molar-refractivity contribution in [1.82, 2.24) is 4.98 Å². The minimum atomic E-state index is 0.0977. The molecule has 2 heterocycles. The van der Waals surface area contributed by atoms with Crippen molar-refractivity contribution in [3.8, 4) is 0 Å². The lowest BCUT2D eigenvalue weighted by Crippen LogP contribution is -2.38. The van der Waals surface area contributed by atoms with Gasteiger partial charge in [-0.3, -0.25) is 0 Å². The molecule has 1 aromatic heterocycles. The van der Waals surface area contributed by atoms with Gasteiger partial charge in [-0.25, -0.2) is 4.98 Å². The number of thiazole rings is 1. The first-order valence-electron chi connectivity index (χ1n) is 6.36. The van der Waals surface area contributed by atoms with E-state index in [0.29, 0.717) is 0 Å². The summed E-state index contributed by atoms with van der Waals surface area (Å²) in [5.74, 6) is 0.0977. The van der Waals surface area contributed by atoms with Crippen LogP contribution >= 0.6 is 27.1 Å². The highest BCUT2D eigenvalue weighted by Crippen LogP contribution is 2.45. The molecule has 0 bridgehead atoms. The monoisotopic (exact) mass is 343 g/mol. The average Bonchev–Trinajstić information content (AvgIpc) is 3.00. The van der Waals surface area contributed by atoms with Crippen molar-refractivity contribution in [2.75, 3.05) is 16.7 Å². The zero-order valence-electron chi connectivity index (χ0n) is 10.8. The maximum atomic E-state index is 4.77. The second kappa shape index (κ2) is 4.50. The first-order valence-corrected chi connectivity index (χ1v) is 8.09. The minimum absolute atomic E-state index is 0.0977. The molecule has 0 unspecified atom stereocenters. The quantitative estimate of drug-likeness (QED) is 0.615. The van der Waals surface area contributed by atoms with Crippen molar-refractivity contribution in [3.63, 3.8) is 0 Å². The summed E-state index contributed by atoms with van der Waals surface area (Å²) in [7, 11) is 2.09. The number of anilines is 3. The van der Waals surface area contributed by atoms with Gasteiger partial charge in [0.2, 0.25) is 0 Å². The van der Waals surface area contributed by atoms with Gasteiger partial charge in [0.1, 0.15) is 0 Å². The van der Waals surface area contributed by atoms with E-state index in [1.165, 1.54) is 16.1 Å². The molecule has 98 valence electrons. The molecular weight excluding hydrogens is 333 g/mol. The average molecular weight is 344 g/mol. The Hall–Kier alpha value is -1.53. The third-order valence-corrected chi connectivity index (χ3v) is 5.60. The molecule has 0 atom stereocenters. The number of para-hydroxylation sites is 3. The number of nitrogens with zero attached hydrogens (tertiary/aromatic N) is 3. The van der Waals surface area contributed by atoms with Gasteiger partial charge in [-0.1, -0.05) is 51.4 Å². The summed E-state index contributed by atoms with van der Waals surface area (Å²) < 4.78 is 1.22. The SMILES string of the molecule is CN1B(Br)N(c2nc3ccccc3s2)c2ccccc21. The van der Waals surface area contributed by atoms with Crippen LogP contribution < -0.4 is 9.62 Å². The second-order valence-electron chi connectivity index (χ2n) is 4.74. The highest BCUT2D eigenvalue weighted by atomic mass is 79.9. The fourth-order valence-corrected chi connectivity index (χ4v) is 4.30. The Kier molecular flexibility index (Phi) is 2.75. The molecule has 3 aromatic rings. The van der Waals surface area contributed by atoms with E-state index in [0.717, 1.165) is 10.6 Å². The standard InChI is InChI=1S/C14H11BBrN3S/c1-18-11-7-3-4-8-12(11)19(15(18)16)14-17-10-6-2-5-9-13(10)20-14/h2-9H,1H3. The Labute approximate surface area is 129 Å². The Morgan fingerprint density at radius 2 is 1.75 bits per heavy atom. The van der Waals surface area contributed by atoms with Gasteiger partial charge in [-0.15, -0.1) is 0 Å². The van der Waals surface area contributed by atoms with Crippen LogP contribution in [0.25, 0.3) is 10.2 Å². The minimum Gasteiger partial charge on any atom is -0.387 e. The predicted molar refractivity (Wildman–Crippen MR) is 91.3 cm³/mol. The summed E-state index contributed by atoms with van der Waals surface area (Å²) in [5.41, 5.74) is 3.46. The molecular formula is C14H11BBrN3S. The molecule has 0 radical (unpaired) electrons. The number of benzene rings is 2. The van der Waals surface area contributed by atoms with E-state index in [2.05, 4.69) is 74.9 Å². The smallest absolute Gasteiger partial charge is 0.387 e. The summed E-state index contributed by atoms with van der Waals surface area (Å²) in [5, 5.41) is 1.02. The molecule has 2 aromatic carbocycles. The highest BCUT2D eigenvalue weighted by Gasteiger charge is 2.38. The first kappa shape index (κ1) is 12.2. The fourth-order valence-electron chi connectivity index (χ4n) is 2.53. The van der Waals surface area contributed by atoms with Crippen LogP contribution in [0.15, 0.2) is 48.5 Å². The number of hydrogen-bond acceptors (Lipinski definition) is 4. The zero-order valence-corrected chi connectivity index (χ0v) is 13.2. The van der Waals surface area contributed by atoms with E-state index >= 15 is 0 Å². The molecule has 20 heavy (non-hydrogen) atoms. The van der Waals surface area contributed by atoms with E-state index in [1.807, 2.05) is 6.07 Å². The van der Waals surface area contributed by atoms with Crippen LogP contribution in [-0.2, 0) is 0 Å². The Morgan fingerprint density at radius 1 is 1.05 bits per heavy atom. The number of hydrogen-bond donors (Lipinski definition) is 0. The fraction of sp³-hybridized carbons (Fsp3) is 0.0714. The number of halogens is 1. The van der Waals surface area contributed by atoms with Crippen molar-refractivity contribution in [2.24, 2.45) is 0 Å². The number of aromatic nitrogens is 1. The highest BCUT2D eigenvalue weighted by molar-refractivity contribution is 9.24. The Bertz CT molecular complexity index is 758. The van der Waals surface area contributed by atoms with Crippen molar-refractivity contribution < 1.29 is 0 Å². The van der Waals surface area contributed by atoms with Crippen molar-refractivity contribution in [3.05, 3.63) is 48.5 Å². The third-order valence-electron chi connectivity index (χ3n) is 3.54. The first-order chi connectivity index (χ1) is 9.75. The number of rotatable bonds is 1. The van der Waals surface area contributed by atoms with Gasteiger partial charge in [0.15, 0.2) is 5.13 Å². The summed E-state index contributed by atoms with van der Waals surface area (Å²) in [6, 6.07) is 16.7. The predicted octanol–water partition coefficient (Wildman–Crippen LogP) is 4.26. The van der Waals surface area contributed by atoms with Gasteiger partial charge in [0.05, 0.1) is 15.9 Å². The maximum absolute atomic E-state index is 4.77. The zero-order chi connectivity index (χ0) is 13.7. The van der Waals surface area contributed by atoms with Gasteiger partial charge in [0.25, 0.3) is 0 Å². The van der Waals surface area contributed by atoms with Crippen LogP contribution in [0.2, 0.25) is 0 Å². The van der Waals surface area contributed by atoms with Gasteiger partial charge in [0, 0.05) is 5.69 Å². The summed E-state index contributed by atoms with van der Waals surface area (Å²) in [4.78, 5) is 9.21. The van der Waals surface area contributed by atoms with Crippen LogP contribution in [-0.4, -0.2) is 17.8 Å². The topological polar surface area (TPSA) is 19.4 Å². The molecule has 1 aliphatic heterocycles. The summed E-state index contributed by atoms with van der Waals surface area (Å²) in [6.45, 7) is 0. The van der Waals surface area contributed by atoms with E-state index in [-0.39, 0.29) is 5.81 Å². The summed E-state index contributed by atoms with van der Waals surface area (Å²) >= 11 is 5.49. The van der Waals surface area contributed by atoms with Crippen molar-refractivity contribution in [1.29, 1.82) is 0 Å². The molecule has 0 spiro atoms. The summed E-state index contributed by atoms with van der Waals surface area (Å²) in [6.07, 6.45) is 0. The van der Waals surface area contributed by atoms with E-state index in [4.69, 9.17) is 4.98 Å². The molecule has 6 heteroatoms. The van der Waals surface area contributed by atoms with Crippen LogP contribution in [0.1, 0.15) is 0 Å². The maximum Gasteiger partial charge on any atom is 0.462 e. The normalized spacial score (nSPS) is 14.2. The Morgan fingerprint density at radius 3 is 2.55 bits per heavy atom. The molecule has 4 rings (SSSR count). The van der Waals surface area contributed by atoms with E-state index in [1.54, 1.807) is 11.3 Å². The second-order valence-corrected chi connectivity index (χ2v) is 6.57. The van der Waals surface area contributed by atoms with Crippen molar-refractivity contribution >= 4 is 59.6 Å². The largest absolute Gasteiger partial charge is 0.462 e. The van der Waals surface area contributed by atoms with Crippen LogP contribution in [0.5, 0.6) is 0 Å². The van der Waals surface area contributed by atoms with Gasteiger partial charge in [-0.05, 0) is 31.3 Å². The van der Waals surface area contributed by atoms with E-state index in [9.17, 15) is 0 Å². The lowest BCUT2D eigenvalue weighted by atomic mass is 10.1. The lowest BCUT2D eigenvalue weighted by molar-refractivity contribution is 1.34. The molecule has 0 aliphatic carbocycles. The molecule has 0 N–H and O–H groups in total. The Balaban J connectivity index is 1.89. The molecule has 0 amide bonds. The van der Waals surface area contributed by atoms with Crippen molar-refractivity contribution in [2.45, 2.75) is 0 Å². The van der Waals surface area contributed by atoms with Crippen LogP contribution in [0.4, 0.5) is 16.5 Å². The molecule has 3 nitrogen and oxygen atoms in total. The molecule has 1 aliphatic rings. The lowest BCUT2D eigenvalue weighted by Gasteiger charge is -2.19. The van der Waals surface area contributed by atoms with Gasteiger partial charge in [-0.2, -0.15) is 0 Å². The molecule has 0 saturated carbocycles. The number of fused-ring (bicyclic) bond motifs is 2.